The van der Waals surface area contributed by atoms with Crippen LogP contribution in [0.3, 0.4) is 0 Å². The summed E-state index contributed by atoms with van der Waals surface area (Å²) in [6.07, 6.45) is 1.06. The molecule has 0 unspecified atom stereocenters. The molecule has 0 saturated carbocycles. The van der Waals surface area contributed by atoms with E-state index in [9.17, 15) is 18.0 Å². The Balaban J connectivity index is 1.87. The molecule has 0 aliphatic rings. The number of carbonyl (C=O) groups is 1. The van der Waals surface area contributed by atoms with E-state index in [1.165, 1.54) is 6.07 Å². The first-order valence-electron chi connectivity index (χ1n) is 8.53. The fourth-order valence-corrected chi connectivity index (χ4v) is 3.87. The summed E-state index contributed by atoms with van der Waals surface area (Å²) < 4.78 is 30.7. The van der Waals surface area contributed by atoms with E-state index in [2.05, 4.69) is 5.32 Å². The van der Waals surface area contributed by atoms with Crippen LogP contribution in [0.15, 0.2) is 57.7 Å². The number of benzene rings is 2. The third-order valence-electron chi connectivity index (χ3n) is 4.31. The Hall–Kier alpha value is -3.13. The molecule has 7 nitrogen and oxygen atoms in total. The Bertz CT molecular complexity index is 1210. The van der Waals surface area contributed by atoms with Gasteiger partial charge in [-0.15, -0.1) is 0 Å². The van der Waals surface area contributed by atoms with Crippen LogP contribution < -0.4 is 15.2 Å². The monoisotopic (exact) mass is 400 g/mol. The molecule has 146 valence electrons. The molecule has 0 radical (unpaired) electrons. The summed E-state index contributed by atoms with van der Waals surface area (Å²) in [7, 11) is -3.66. The second kappa shape index (κ2) is 7.47. The largest absolute Gasteiger partial charge is 0.423 e. The molecule has 8 heteroatoms. The van der Waals surface area contributed by atoms with Crippen molar-refractivity contribution in [1.29, 1.82) is 0 Å². The summed E-state index contributed by atoms with van der Waals surface area (Å²) in [5.74, 6) is -0.511. The quantitative estimate of drug-likeness (QED) is 0.664. The third-order valence-corrected chi connectivity index (χ3v) is 5.43. The summed E-state index contributed by atoms with van der Waals surface area (Å²) in [6, 6.07) is 13.3. The molecule has 3 rings (SSSR count). The molecule has 1 heterocycles. The lowest BCUT2D eigenvalue weighted by Gasteiger charge is -2.23. The predicted molar refractivity (Wildman–Crippen MR) is 109 cm³/mol. The minimum atomic E-state index is -3.66. The van der Waals surface area contributed by atoms with Crippen molar-refractivity contribution in [2.75, 3.05) is 22.4 Å². The zero-order chi connectivity index (χ0) is 20.5. The Morgan fingerprint density at radius 2 is 1.79 bits per heavy atom. The van der Waals surface area contributed by atoms with E-state index in [1.54, 1.807) is 56.3 Å². The molecule has 0 atom stereocenters. The van der Waals surface area contributed by atoms with Gasteiger partial charge in [-0.3, -0.25) is 9.10 Å². The summed E-state index contributed by atoms with van der Waals surface area (Å²) in [4.78, 5) is 24.1. The van der Waals surface area contributed by atoms with Crippen LogP contribution in [0.25, 0.3) is 11.0 Å². The standard InChI is InChI=1S/C20H20N2O5S/c1-13-6-4-5-7-17(13)22(28(3,25)26)12-19(23)21-15-8-9-16-14(2)10-20(24)27-18(16)11-15/h4-11H,12H2,1-3H3,(H,21,23). The number of hydrogen-bond acceptors (Lipinski definition) is 5. The van der Waals surface area contributed by atoms with Gasteiger partial charge in [-0.25, -0.2) is 13.2 Å². The van der Waals surface area contributed by atoms with Crippen molar-refractivity contribution in [3.8, 4) is 0 Å². The van der Waals surface area contributed by atoms with Gasteiger partial charge in [-0.2, -0.15) is 0 Å². The molecule has 1 N–H and O–H groups in total. The van der Waals surface area contributed by atoms with Gasteiger partial charge in [0.25, 0.3) is 0 Å². The third kappa shape index (κ3) is 4.23. The van der Waals surface area contributed by atoms with Crippen LogP contribution in [0.2, 0.25) is 0 Å². The van der Waals surface area contributed by atoms with Gasteiger partial charge in [0, 0.05) is 23.2 Å². The smallest absolute Gasteiger partial charge is 0.336 e. The van der Waals surface area contributed by atoms with Crippen LogP contribution in [-0.2, 0) is 14.8 Å². The zero-order valence-electron chi connectivity index (χ0n) is 15.7. The first kappa shape index (κ1) is 19.6. The molecule has 1 amide bonds. The van der Waals surface area contributed by atoms with Crippen LogP contribution in [-0.4, -0.2) is 27.1 Å². The zero-order valence-corrected chi connectivity index (χ0v) is 16.5. The van der Waals surface area contributed by atoms with Crippen molar-refractivity contribution in [2.45, 2.75) is 13.8 Å². The number of fused-ring (bicyclic) bond motifs is 1. The van der Waals surface area contributed by atoms with Crippen molar-refractivity contribution in [2.24, 2.45) is 0 Å². The van der Waals surface area contributed by atoms with E-state index in [0.717, 1.165) is 27.1 Å². The van der Waals surface area contributed by atoms with Gasteiger partial charge in [0.1, 0.15) is 12.1 Å². The van der Waals surface area contributed by atoms with Crippen LogP contribution in [0.4, 0.5) is 11.4 Å². The minimum absolute atomic E-state index is 0.349. The molecule has 0 aliphatic carbocycles. The number of carbonyl (C=O) groups excluding carboxylic acids is 1. The van der Waals surface area contributed by atoms with Gasteiger partial charge < -0.3 is 9.73 Å². The lowest BCUT2D eigenvalue weighted by molar-refractivity contribution is -0.114. The average Bonchev–Trinajstić information content (AvgIpc) is 2.59. The van der Waals surface area contributed by atoms with Gasteiger partial charge in [0.15, 0.2) is 0 Å². The van der Waals surface area contributed by atoms with Gasteiger partial charge in [0.05, 0.1) is 11.9 Å². The van der Waals surface area contributed by atoms with Crippen LogP contribution in [0, 0.1) is 13.8 Å². The molecule has 3 aromatic rings. The number of sulfonamides is 1. The number of nitrogens with zero attached hydrogens (tertiary/aromatic N) is 1. The number of nitrogens with one attached hydrogen (secondary N) is 1. The van der Waals surface area contributed by atoms with E-state index in [-0.39, 0.29) is 6.54 Å². The SMILES string of the molecule is Cc1ccccc1N(CC(=O)Nc1ccc2c(C)cc(=O)oc2c1)S(C)(=O)=O. The Morgan fingerprint density at radius 3 is 2.46 bits per heavy atom. The Kier molecular flexibility index (Phi) is 5.24. The molecular weight excluding hydrogens is 380 g/mol. The fraction of sp³-hybridized carbons (Fsp3) is 0.200. The maximum atomic E-state index is 12.5. The lowest BCUT2D eigenvalue weighted by Crippen LogP contribution is -2.37. The molecule has 0 fully saturated rings. The van der Waals surface area contributed by atoms with E-state index in [4.69, 9.17) is 4.42 Å². The second-order valence-corrected chi connectivity index (χ2v) is 8.47. The molecule has 1 aromatic heterocycles. The highest BCUT2D eigenvalue weighted by Gasteiger charge is 2.22. The van der Waals surface area contributed by atoms with Crippen LogP contribution in [0.5, 0.6) is 0 Å². The van der Waals surface area contributed by atoms with Crippen LogP contribution in [0.1, 0.15) is 11.1 Å². The topological polar surface area (TPSA) is 96.7 Å². The Labute approximate surface area is 162 Å². The van der Waals surface area contributed by atoms with Crippen molar-refractivity contribution in [3.05, 3.63) is 70.1 Å². The van der Waals surface area contributed by atoms with Gasteiger partial charge in [-0.1, -0.05) is 18.2 Å². The highest BCUT2D eigenvalue weighted by Crippen LogP contribution is 2.23. The van der Waals surface area contributed by atoms with E-state index < -0.39 is 21.6 Å². The first-order valence-corrected chi connectivity index (χ1v) is 10.4. The van der Waals surface area contributed by atoms with Crippen molar-refractivity contribution in [3.63, 3.8) is 0 Å². The summed E-state index contributed by atoms with van der Waals surface area (Å²) >= 11 is 0. The number of para-hydroxylation sites is 1. The van der Waals surface area contributed by atoms with Gasteiger partial charge >= 0.3 is 5.63 Å². The molecule has 0 aliphatic heterocycles. The summed E-state index contributed by atoms with van der Waals surface area (Å²) in [6.45, 7) is 3.20. The second-order valence-electron chi connectivity index (χ2n) is 6.56. The molecular formula is C20H20N2O5S. The maximum absolute atomic E-state index is 12.5. The van der Waals surface area contributed by atoms with E-state index in [0.29, 0.717) is 17.0 Å². The van der Waals surface area contributed by atoms with Gasteiger partial charge in [0.2, 0.25) is 15.9 Å². The molecule has 0 bridgehead atoms. The number of rotatable bonds is 5. The Morgan fingerprint density at radius 1 is 1.07 bits per heavy atom. The summed E-state index contributed by atoms with van der Waals surface area (Å²) in [5, 5.41) is 3.42. The lowest BCUT2D eigenvalue weighted by atomic mass is 10.1. The molecule has 0 saturated heterocycles. The molecule has 2 aromatic carbocycles. The van der Waals surface area contributed by atoms with Crippen LogP contribution >= 0.6 is 0 Å². The number of anilines is 2. The van der Waals surface area contributed by atoms with E-state index in [1.807, 2.05) is 0 Å². The van der Waals surface area contributed by atoms with Crippen molar-refractivity contribution < 1.29 is 17.6 Å². The predicted octanol–water partition coefficient (Wildman–Crippen LogP) is 2.81. The maximum Gasteiger partial charge on any atom is 0.336 e. The van der Waals surface area contributed by atoms with Crippen molar-refractivity contribution in [1.82, 2.24) is 0 Å². The highest BCUT2D eigenvalue weighted by molar-refractivity contribution is 7.92. The average molecular weight is 400 g/mol. The van der Waals surface area contributed by atoms with Crippen molar-refractivity contribution >= 4 is 38.3 Å². The number of hydrogen-bond donors (Lipinski definition) is 1. The minimum Gasteiger partial charge on any atom is -0.423 e. The number of aryl methyl sites for hydroxylation is 2. The van der Waals surface area contributed by atoms with E-state index >= 15 is 0 Å². The molecule has 28 heavy (non-hydrogen) atoms. The highest BCUT2D eigenvalue weighted by atomic mass is 32.2. The first-order chi connectivity index (χ1) is 13.1. The molecule has 0 spiro atoms. The normalized spacial score (nSPS) is 11.4. The van der Waals surface area contributed by atoms with Gasteiger partial charge in [-0.05, 0) is 43.2 Å². The number of amides is 1. The fourth-order valence-electron chi connectivity index (χ4n) is 2.96. The summed E-state index contributed by atoms with van der Waals surface area (Å²) in [5.41, 5.74) is 2.23.